The van der Waals surface area contributed by atoms with Gasteiger partial charge >= 0.3 is 12.1 Å². The Hall–Kier alpha value is -1.79. The summed E-state index contributed by atoms with van der Waals surface area (Å²) < 4.78 is 4.54. The molecule has 15 heavy (non-hydrogen) atoms. The fraction of sp³-hybridized carbons (Fsp3) is 0.625. The molecule has 1 fully saturated rings. The van der Waals surface area contributed by atoms with Gasteiger partial charge in [0.25, 0.3) is 0 Å². The van der Waals surface area contributed by atoms with Crippen molar-refractivity contribution >= 4 is 17.8 Å². The van der Waals surface area contributed by atoms with E-state index in [-0.39, 0.29) is 13.1 Å². The summed E-state index contributed by atoms with van der Waals surface area (Å²) in [5, 5.41) is 12.4. The van der Waals surface area contributed by atoms with Crippen molar-refractivity contribution in [3.8, 4) is 0 Å². The number of likely N-dealkylation sites (tertiary alicyclic amines) is 1. The number of hydrogen-bond acceptors (Lipinski definition) is 5. The Balaban J connectivity index is 2.81. The van der Waals surface area contributed by atoms with Crippen LogP contribution >= 0.6 is 0 Å². The number of hydrogen-bond donors (Lipinski definition) is 1. The molecule has 0 aromatic carbocycles. The lowest BCUT2D eigenvalue weighted by atomic mass is 10.1. The van der Waals surface area contributed by atoms with Crippen molar-refractivity contribution in [2.45, 2.75) is 0 Å². The minimum absolute atomic E-state index is 0.0597. The van der Waals surface area contributed by atoms with E-state index in [1.807, 2.05) is 0 Å². The lowest BCUT2D eigenvalue weighted by Crippen LogP contribution is -2.28. The molecule has 0 saturated carbocycles. The molecule has 1 unspecified atom stereocenters. The van der Waals surface area contributed by atoms with E-state index in [0.29, 0.717) is 5.71 Å². The molecule has 1 aliphatic rings. The number of esters is 1. The molecule has 7 heteroatoms. The number of methoxy groups -OCH3 is 1. The summed E-state index contributed by atoms with van der Waals surface area (Å²) in [6, 6.07) is 0. The Morgan fingerprint density at radius 2 is 2.20 bits per heavy atom. The van der Waals surface area contributed by atoms with Crippen LogP contribution < -0.4 is 0 Å². The molecule has 1 heterocycles. The summed E-state index contributed by atoms with van der Waals surface area (Å²) in [5.74, 6) is -1.17. The normalized spacial score (nSPS) is 22.9. The fourth-order valence-electron chi connectivity index (χ4n) is 1.40. The summed E-state index contributed by atoms with van der Waals surface area (Å²) in [4.78, 5) is 27.6. The minimum atomic E-state index is -1.09. The van der Waals surface area contributed by atoms with Crippen molar-refractivity contribution in [3.05, 3.63) is 0 Å². The monoisotopic (exact) mass is 216 g/mol. The van der Waals surface area contributed by atoms with E-state index in [1.54, 1.807) is 0 Å². The number of oxime groups is 1. The van der Waals surface area contributed by atoms with Gasteiger partial charge in [-0.15, -0.1) is 0 Å². The summed E-state index contributed by atoms with van der Waals surface area (Å²) in [7, 11) is 2.58. The van der Waals surface area contributed by atoms with Gasteiger partial charge in [0.15, 0.2) is 0 Å². The maximum absolute atomic E-state index is 11.3. The minimum Gasteiger partial charge on any atom is -0.468 e. The van der Waals surface area contributed by atoms with E-state index >= 15 is 0 Å². The summed E-state index contributed by atoms with van der Waals surface area (Å²) in [6.45, 7) is 0.132. The zero-order valence-corrected chi connectivity index (χ0v) is 8.47. The zero-order valence-electron chi connectivity index (χ0n) is 8.47. The second-order valence-electron chi connectivity index (χ2n) is 3.00. The van der Waals surface area contributed by atoms with Crippen LogP contribution in [0.15, 0.2) is 5.16 Å². The molecule has 0 aromatic heterocycles. The Morgan fingerprint density at radius 3 is 2.67 bits per heavy atom. The van der Waals surface area contributed by atoms with E-state index in [9.17, 15) is 9.59 Å². The van der Waals surface area contributed by atoms with Crippen LogP contribution in [0.4, 0.5) is 4.79 Å². The Bertz CT molecular complexity index is 301. The van der Waals surface area contributed by atoms with E-state index in [0.717, 1.165) is 4.90 Å². The van der Waals surface area contributed by atoms with Crippen molar-refractivity contribution in [1.29, 1.82) is 0 Å². The van der Waals surface area contributed by atoms with Gasteiger partial charge in [-0.05, 0) is 0 Å². The van der Waals surface area contributed by atoms with Crippen LogP contribution in [0.1, 0.15) is 0 Å². The molecule has 0 aromatic rings. The average molecular weight is 216 g/mol. The Kier molecular flexibility index (Phi) is 3.48. The van der Waals surface area contributed by atoms with E-state index in [2.05, 4.69) is 14.7 Å². The SMILES string of the molecule is CON=C1CN(C(=O)O)CC1C(=O)OC. The number of rotatable bonds is 2. The summed E-state index contributed by atoms with van der Waals surface area (Å²) >= 11 is 0. The molecule has 1 N–H and O–H groups in total. The van der Waals surface area contributed by atoms with E-state index < -0.39 is 18.0 Å². The van der Waals surface area contributed by atoms with Crippen LogP contribution in [-0.4, -0.2) is 55.1 Å². The number of carboxylic acid groups (broad SMARTS) is 1. The highest BCUT2D eigenvalue weighted by molar-refractivity contribution is 6.06. The van der Waals surface area contributed by atoms with Crippen LogP contribution in [0, 0.1) is 5.92 Å². The molecular formula is C8H12N2O5. The molecule has 84 valence electrons. The molecular weight excluding hydrogens is 204 g/mol. The fourth-order valence-corrected chi connectivity index (χ4v) is 1.40. The Morgan fingerprint density at radius 1 is 1.53 bits per heavy atom. The molecule has 7 nitrogen and oxygen atoms in total. The lowest BCUT2D eigenvalue weighted by Gasteiger charge is -2.09. The van der Waals surface area contributed by atoms with E-state index in [1.165, 1.54) is 14.2 Å². The smallest absolute Gasteiger partial charge is 0.407 e. The predicted octanol–water partition coefficient (Wildman–Crippen LogP) is -0.228. The highest BCUT2D eigenvalue weighted by Gasteiger charge is 2.38. The number of ether oxygens (including phenoxy) is 1. The van der Waals surface area contributed by atoms with Gasteiger partial charge in [-0.3, -0.25) is 4.79 Å². The summed E-state index contributed by atoms with van der Waals surface area (Å²) in [5.41, 5.74) is 0.367. The van der Waals surface area contributed by atoms with Crippen molar-refractivity contribution in [2.24, 2.45) is 11.1 Å². The quantitative estimate of drug-likeness (QED) is 0.509. The summed E-state index contributed by atoms with van der Waals surface area (Å²) in [6.07, 6.45) is -1.09. The molecule has 0 radical (unpaired) electrons. The van der Waals surface area contributed by atoms with Gasteiger partial charge in [-0.1, -0.05) is 5.16 Å². The Labute approximate surface area is 86.2 Å². The average Bonchev–Trinajstić information content (AvgIpc) is 2.61. The third-order valence-corrected chi connectivity index (χ3v) is 2.12. The molecule has 0 aliphatic carbocycles. The van der Waals surface area contributed by atoms with Crippen LogP contribution in [0.3, 0.4) is 0 Å². The highest BCUT2D eigenvalue weighted by atomic mass is 16.6. The first kappa shape index (κ1) is 11.3. The van der Waals surface area contributed by atoms with Crippen LogP contribution in [0.5, 0.6) is 0 Å². The van der Waals surface area contributed by atoms with Crippen molar-refractivity contribution < 1.29 is 24.3 Å². The molecule has 1 saturated heterocycles. The van der Waals surface area contributed by atoms with Crippen LogP contribution in [0.2, 0.25) is 0 Å². The molecule has 1 rings (SSSR count). The first-order valence-corrected chi connectivity index (χ1v) is 4.25. The van der Waals surface area contributed by atoms with Crippen molar-refractivity contribution in [1.82, 2.24) is 4.90 Å². The van der Waals surface area contributed by atoms with E-state index in [4.69, 9.17) is 5.11 Å². The maximum atomic E-state index is 11.3. The largest absolute Gasteiger partial charge is 0.468 e. The van der Waals surface area contributed by atoms with Gasteiger partial charge in [0, 0.05) is 6.54 Å². The molecule has 0 bridgehead atoms. The zero-order chi connectivity index (χ0) is 11.4. The number of carbonyl (C=O) groups excluding carboxylic acids is 1. The first-order valence-electron chi connectivity index (χ1n) is 4.25. The highest BCUT2D eigenvalue weighted by Crippen LogP contribution is 2.15. The number of amides is 1. The van der Waals surface area contributed by atoms with Crippen LogP contribution in [-0.2, 0) is 14.4 Å². The third-order valence-electron chi connectivity index (χ3n) is 2.12. The molecule has 1 amide bonds. The predicted molar refractivity (Wildman–Crippen MR) is 49.5 cm³/mol. The maximum Gasteiger partial charge on any atom is 0.407 e. The lowest BCUT2D eigenvalue weighted by molar-refractivity contribution is -0.142. The second-order valence-corrected chi connectivity index (χ2v) is 3.00. The van der Waals surface area contributed by atoms with Crippen LogP contribution in [0.25, 0.3) is 0 Å². The first-order chi connectivity index (χ1) is 7.10. The van der Waals surface area contributed by atoms with Gasteiger partial charge in [0.2, 0.25) is 0 Å². The van der Waals surface area contributed by atoms with Gasteiger partial charge in [0.05, 0.1) is 19.4 Å². The van der Waals surface area contributed by atoms with Crippen molar-refractivity contribution in [3.63, 3.8) is 0 Å². The second kappa shape index (κ2) is 4.63. The topological polar surface area (TPSA) is 88.4 Å². The van der Waals surface area contributed by atoms with Gasteiger partial charge < -0.3 is 19.6 Å². The van der Waals surface area contributed by atoms with Crippen molar-refractivity contribution in [2.75, 3.05) is 27.3 Å². The van der Waals surface area contributed by atoms with Gasteiger partial charge in [-0.25, -0.2) is 4.79 Å². The standard InChI is InChI=1S/C8H12N2O5/c1-14-7(11)5-3-10(8(12)13)4-6(5)9-15-2/h5H,3-4H2,1-2H3,(H,12,13). The third kappa shape index (κ3) is 2.36. The number of carbonyl (C=O) groups is 2. The van der Waals surface area contributed by atoms with Gasteiger partial charge in [-0.2, -0.15) is 0 Å². The van der Waals surface area contributed by atoms with Gasteiger partial charge in [0.1, 0.15) is 13.0 Å². The molecule has 1 aliphatic heterocycles. The molecule has 1 atom stereocenters. The number of nitrogens with zero attached hydrogens (tertiary/aromatic N) is 2. The molecule has 0 spiro atoms.